The lowest BCUT2D eigenvalue weighted by molar-refractivity contribution is -0.161. The molecular formula is C73H142O17P2. The van der Waals surface area contributed by atoms with Crippen LogP contribution in [0.15, 0.2) is 0 Å². The fourth-order valence-electron chi connectivity index (χ4n) is 11.1. The van der Waals surface area contributed by atoms with Crippen LogP contribution in [-0.2, 0) is 65.4 Å². The van der Waals surface area contributed by atoms with E-state index in [-0.39, 0.29) is 25.7 Å². The van der Waals surface area contributed by atoms with Gasteiger partial charge in [0, 0.05) is 25.7 Å². The molecule has 19 heteroatoms. The number of rotatable bonds is 73. The summed E-state index contributed by atoms with van der Waals surface area (Å²) in [4.78, 5) is 72.7. The van der Waals surface area contributed by atoms with Crippen molar-refractivity contribution in [1.82, 2.24) is 0 Å². The van der Waals surface area contributed by atoms with Crippen molar-refractivity contribution in [1.29, 1.82) is 0 Å². The molecule has 0 amide bonds. The van der Waals surface area contributed by atoms with Gasteiger partial charge in [0.25, 0.3) is 0 Å². The molecule has 92 heavy (non-hydrogen) atoms. The number of unbranched alkanes of at least 4 members (excludes halogenated alkanes) is 44. The summed E-state index contributed by atoms with van der Waals surface area (Å²) in [6.45, 7) is 7.28. The van der Waals surface area contributed by atoms with E-state index in [1.165, 1.54) is 205 Å². The molecule has 0 saturated carbocycles. The zero-order valence-electron chi connectivity index (χ0n) is 59.7. The molecule has 3 N–H and O–H groups in total. The Hall–Kier alpha value is -1.94. The highest BCUT2D eigenvalue weighted by Crippen LogP contribution is 2.45. The number of hydrogen-bond donors (Lipinski definition) is 3. The third-order valence-corrected chi connectivity index (χ3v) is 19.3. The van der Waals surface area contributed by atoms with E-state index in [0.29, 0.717) is 25.7 Å². The monoisotopic (exact) mass is 1350 g/mol. The van der Waals surface area contributed by atoms with Crippen LogP contribution in [0, 0.1) is 5.92 Å². The molecule has 0 heterocycles. The fraction of sp³-hybridized carbons (Fsp3) is 0.945. The van der Waals surface area contributed by atoms with Crippen LogP contribution < -0.4 is 0 Å². The minimum atomic E-state index is -4.95. The van der Waals surface area contributed by atoms with Crippen LogP contribution in [0.1, 0.15) is 381 Å². The lowest BCUT2D eigenvalue weighted by Gasteiger charge is -2.21. The second-order valence-corrected chi connectivity index (χ2v) is 29.5. The van der Waals surface area contributed by atoms with E-state index in [2.05, 4.69) is 34.6 Å². The van der Waals surface area contributed by atoms with Crippen LogP contribution in [0.25, 0.3) is 0 Å². The topological polar surface area (TPSA) is 237 Å². The average Bonchev–Trinajstić information content (AvgIpc) is 2.70. The van der Waals surface area contributed by atoms with Crippen molar-refractivity contribution in [2.75, 3.05) is 39.6 Å². The molecule has 0 radical (unpaired) electrons. The van der Waals surface area contributed by atoms with Gasteiger partial charge in [-0.1, -0.05) is 330 Å². The molecule has 6 atom stereocenters. The van der Waals surface area contributed by atoms with Crippen molar-refractivity contribution in [3.63, 3.8) is 0 Å². The second-order valence-electron chi connectivity index (χ2n) is 26.6. The molecule has 0 rings (SSSR count). The van der Waals surface area contributed by atoms with Crippen molar-refractivity contribution in [3.05, 3.63) is 0 Å². The van der Waals surface area contributed by atoms with Crippen molar-refractivity contribution in [2.45, 2.75) is 400 Å². The first-order chi connectivity index (χ1) is 44.6. The maximum atomic E-state index is 13.1. The van der Waals surface area contributed by atoms with Crippen molar-refractivity contribution >= 4 is 39.5 Å². The Morgan fingerprint density at radius 3 is 0.772 bits per heavy atom. The van der Waals surface area contributed by atoms with E-state index in [9.17, 15) is 43.2 Å². The van der Waals surface area contributed by atoms with Gasteiger partial charge in [0.15, 0.2) is 12.2 Å². The largest absolute Gasteiger partial charge is 0.472 e. The predicted octanol–water partition coefficient (Wildman–Crippen LogP) is 21.3. The van der Waals surface area contributed by atoms with Gasteiger partial charge >= 0.3 is 39.5 Å². The minimum Gasteiger partial charge on any atom is -0.462 e. The van der Waals surface area contributed by atoms with Crippen molar-refractivity contribution < 1.29 is 80.2 Å². The van der Waals surface area contributed by atoms with Crippen LogP contribution >= 0.6 is 15.6 Å². The third-order valence-electron chi connectivity index (χ3n) is 17.4. The van der Waals surface area contributed by atoms with Gasteiger partial charge in [0.2, 0.25) is 0 Å². The molecule has 0 aliphatic rings. The van der Waals surface area contributed by atoms with Crippen LogP contribution in [0.5, 0.6) is 0 Å². The van der Waals surface area contributed by atoms with E-state index in [1.807, 2.05) is 0 Å². The van der Waals surface area contributed by atoms with Crippen LogP contribution in [0.4, 0.5) is 0 Å². The Bertz CT molecular complexity index is 1770. The highest BCUT2D eigenvalue weighted by molar-refractivity contribution is 7.47. The van der Waals surface area contributed by atoms with Crippen LogP contribution in [-0.4, -0.2) is 96.7 Å². The van der Waals surface area contributed by atoms with E-state index >= 15 is 0 Å². The molecule has 0 fully saturated rings. The molecule has 0 aliphatic carbocycles. The number of ether oxygens (including phenoxy) is 4. The number of carbonyl (C=O) groups is 4. The number of esters is 4. The third kappa shape index (κ3) is 65.4. The first kappa shape index (κ1) is 90.1. The van der Waals surface area contributed by atoms with Gasteiger partial charge in [0.1, 0.15) is 19.3 Å². The molecule has 0 aromatic heterocycles. The van der Waals surface area contributed by atoms with E-state index in [1.54, 1.807) is 0 Å². The van der Waals surface area contributed by atoms with E-state index in [4.69, 9.17) is 37.0 Å². The Morgan fingerprint density at radius 2 is 0.522 bits per heavy atom. The summed E-state index contributed by atoms with van der Waals surface area (Å²) in [7, 11) is -9.90. The summed E-state index contributed by atoms with van der Waals surface area (Å²) < 4.78 is 68.4. The maximum absolute atomic E-state index is 13.1. The summed E-state index contributed by atoms with van der Waals surface area (Å²) in [5.41, 5.74) is 0. The van der Waals surface area contributed by atoms with Gasteiger partial charge in [-0.15, -0.1) is 0 Å². The summed E-state index contributed by atoms with van der Waals surface area (Å²) in [6.07, 6.45) is 53.8. The smallest absolute Gasteiger partial charge is 0.462 e. The number of hydrogen-bond acceptors (Lipinski definition) is 15. The highest BCUT2D eigenvalue weighted by Gasteiger charge is 2.30. The fourth-order valence-corrected chi connectivity index (χ4v) is 12.7. The summed E-state index contributed by atoms with van der Waals surface area (Å²) in [6, 6.07) is 0. The zero-order chi connectivity index (χ0) is 67.7. The van der Waals surface area contributed by atoms with Gasteiger partial charge in [-0.25, -0.2) is 9.13 Å². The van der Waals surface area contributed by atoms with Gasteiger partial charge in [0.05, 0.1) is 26.4 Å². The Balaban J connectivity index is 5.26. The van der Waals surface area contributed by atoms with Crippen LogP contribution in [0.2, 0.25) is 0 Å². The molecule has 0 bridgehead atoms. The molecule has 0 aliphatic heterocycles. The molecule has 0 aromatic rings. The Morgan fingerprint density at radius 1 is 0.304 bits per heavy atom. The zero-order valence-corrected chi connectivity index (χ0v) is 61.5. The quantitative estimate of drug-likeness (QED) is 0.0222. The molecule has 0 saturated heterocycles. The van der Waals surface area contributed by atoms with Crippen molar-refractivity contribution in [2.24, 2.45) is 5.92 Å². The Kier molecular flexibility index (Phi) is 64.9. The number of aliphatic hydroxyl groups excluding tert-OH is 1. The normalized spacial score (nSPS) is 14.3. The number of aliphatic hydroxyl groups is 1. The van der Waals surface area contributed by atoms with Gasteiger partial charge in [-0.3, -0.25) is 37.3 Å². The molecule has 3 unspecified atom stereocenters. The molecule has 17 nitrogen and oxygen atoms in total. The molecule has 0 aromatic carbocycles. The predicted molar refractivity (Wildman–Crippen MR) is 372 cm³/mol. The first-order valence-electron chi connectivity index (χ1n) is 38.2. The molecule has 546 valence electrons. The molecule has 0 spiro atoms. The molecular weight excluding hydrogens is 1210 g/mol. The SMILES string of the molecule is CCCCCCCCCCCCCCCCC(=O)OC[C@H](COP(=O)(O)OC[C@@H](O)COP(=O)(O)OC[C@@H](COC(=O)CCCCCCCCCCCCCC)OC(=O)CCCCCCCCCCC(C)CC)OC(=O)CCCCCCCCCCCCCCCC. The lowest BCUT2D eigenvalue weighted by atomic mass is 9.99. The van der Waals surface area contributed by atoms with E-state index in [0.717, 1.165) is 95.8 Å². The number of phosphoric acid groups is 2. The summed E-state index contributed by atoms with van der Waals surface area (Å²) >= 11 is 0. The standard InChI is InChI=1S/C73H142O17P2/c1-6-10-13-16-19-22-25-28-30-33-36-42-47-52-57-71(76)83-62-68(89-72(77)58-53-48-43-37-34-31-29-26-23-20-17-14-11-7-2)64-87-91(79,80)85-60-67(74)61-86-92(81,82)88-65-69(90-73(78)59-54-49-44-39-38-40-45-50-55-66(5)9-4)63-84-70(75)56-51-46-41-35-32-27-24-21-18-15-12-8-3/h66-69,74H,6-65H2,1-5H3,(H,79,80)(H,81,82)/t66?,67-,68-,69-/m1/s1. The highest BCUT2D eigenvalue weighted by atomic mass is 31.2. The summed E-state index contributed by atoms with van der Waals surface area (Å²) in [5.74, 6) is -1.35. The first-order valence-corrected chi connectivity index (χ1v) is 41.2. The van der Waals surface area contributed by atoms with E-state index < -0.39 is 97.5 Å². The lowest BCUT2D eigenvalue weighted by Crippen LogP contribution is -2.30. The minimum absolute atomic E-state index is 0.106. The number of phosphoric ester groups is 2. The van der Waals surface area contributed by atoms with Gasteiger partial charge in [-0.05, 0) is 31.6 Å². The average molecular weight is 1350 g/mol. The Labute approximate surface area is 562 Å². The van der Waals surface area contributed by atoms with Gasteiger partial charge < -0.3 is 33.8 Å². The number of carbonyl (C=O) groups excluding carboxylic acids is 4. The van der Waals surface area contributed by atoms with Gasteiger partial charge in [-0.2, -0.15) is 0 Å². The maximum Gasteiger partial charge on any atom is 0.472 e. The van der Waals surface area contributed by atoms with Crippen LogP contribution in [0.3, 0.4) is 0 Å². The second kappa shape index (κ2) is 66.3. The summed E-state index contributed by atoms with van der Waals surface area (Å²) in [5, 5.41) is 10.6. The van der Waals surface area contributed by atoms with Crippen molar-refractivity contribution in [3.8, 4) is 0 Å².